The molecule has 0 radical (unpaired) electrons. The largest absolute Gasteiger partial charge is 0.480 e. The van der Waals surface area contributed by atoms with Crippen LogP contribution in [0, 0.1) is 0 Å². The molecule has 0 bridgehead atoms. The molecule has 3 N–H and O–H groups in total. The van der Waals surface area contributed by atoms with Crippen molar-refractivity contribution in [2.75, 3.05) is 32.7 Å². The van der Waals surface area contributed by atoms with E-state index in [4.69, 9.17) is 5.73 Å². The van der Waals surface area contributed by atoms with Gasteiger partial charge in [-0.05, 0) is 65.6 Å². The van der Waals surface area contributed by atoms with Crippen LogP contribution >= 0.6 is 0 Å². The summed E-state index contributed by atoms with van der Waals surface area (Å²) in [5.41, 5.74) is 9.32. The molecule has 2 amide bonds. The Morgan fingerprint density at radius 3 is 2.12 bits per heavy atom. The molecule has 3 aromatic rings. The van der Waals surface area contributed by atoms with Gasteiger partial charge < -0.3 is 15.7 Å². The Kier molecular flexibility index (Phi) is 8.10. The fourth-order valence-electron chi connectivity index (χ4n) is 7.90. The predicted molar refractivity (Wildman–Crippen MR) is 167 cm³/mol. The second-order valence-corrected chi connectivity index (χ2v) is 12.5. The van der Waals surface area contributed by atoms with Gasteiger partial charge >= 0.3 is 5.97 Å². The van der Waals surface area contributed by atoms with Crippen molar-refractivity contribution in [3.63, 3.8) is 0 Å². The quantitative estimate of drug-likeness (QED) is 0.333. The van der Waals surface area contributed by atoms with E-state index in [1.54, 1.807) is 0 Å². The van der Waals surface area contributed by atoms with Crippen LogP contribution in [0.4, 0.5) is 0 Å². The first-order valence-electron chi connectivity index (χ1n) is 15.7. The van der Waals surface area contributed by atoms with Crippen LogP contribution in [0.5, 0.6) is 0 Å². The second kappa shape index (κ2) is 12.0. The van der Waals surface area contributed by atoms with Gasteiger partial charge in [-0.2, -0.15) is 0 Å². The van der Waals surface area contributed by atoms with Crippen molar-refractivity contribution in [2.24, 2.45) is 5.73 Å². The summed E-state index contributed by atoms with van der Waals surface area (Å²) >= 11 is 0. The average Bonchev–Trinajstić information content (AvgIpc) is 3.64. The van der Waals surface area contributed by atoms with Crippen molar-refractivity contribution < 1.29 is 19.5 Å². The highest BCUT2D eigenvalue weighted by Gasteiger charge is 2.54. The number of benzene rings is 3. The Hall–Kier alpha value is -3.97. The second-order valence-electron chi connectivity index (χ2n) is 12.5. The molecule has 43 heavy (non-hydrogen) atoms. The first-order valence-corrected chi connectivity index (χ1v) is 15.7. The molecule has 1 unspecified atom stereocenters. The standard InChI is InChI=1S/C36H41N3O4/c37-33(41)35(17-6-7-18-35)30-16-10-14-28-27-13-4-5-15-29(27)36(32(28)30,34(42)43)19-8-9-20-38-21-23-39(24-22-38)31(40)25-26-11-2-1-3-12-26/h1-5,10-16H,6-9,17-25H2,(H2,37,41)(H,42,43). The van der Waals surface area contributed by atoms with Crippen molar-refractivity contribution in [1.29, 1.82) is 0 Å². The highest BCUT2D eigenvalue weighted by Crippen LogP contribution is 2.56. The topological polar surface area (TPSA) is 104 Å². The molecule has 0 aromatic heterocycles. The molecule has 1 saturated carbocycles. The molecule has 7 heteroatoms. The highest BCUT2D eigenvalue weighted by molar-refractivity contribution is 6.00. The van der Waals surface area contributed by atoms with Gasteiger partial charge in [-0.3, -0.25) is 19.3 Å². The molecule has 3 aliphatic rings. The number of aliphatic carboxylic acids is 1. The number of unbranched alkanes of at least 4 members (excludes halogenated alkanes) is 1. The molecular weight excluding hydrogens is 538 g/mol. The van der Waals surface area contributed by atoms with Gasteiger partial charge in [-0.25, -0.2) is 0 Å². The molecule has 0 spiro atoms. The monoisotopic (exact) mass is 579 g/mol. The van der Waals surface area contributed by atoms with Crippen LogP contribution < -0.4 is 5.73 Å². The number of amides is 2. The SMILES string of the molecule is NC(=O)C1(c2cccc3c2C(CCCCN2CCN(C(=O)Cc4ccccc4)CC2)(C(=O)O)c2ccccc2-3)CCCC1. The molecule has 2 fully saturated rings. The number of rotatable bonds is 10. The number of carbonyl (C=O) groups is 3. The van der Waals surface area contributed by atoms with Crippen molar-refractivity contribution in [3.05, 3.63) is 95.1 Å². The third-order valence-electron chi connectivity index (χ3n) is 10.2. The molecule has 3 aromatic carbocycles. The normalized spacial score (nSPS) is 20.9. The van der Waals surface area contributed by atoms with Crippen molar-refractivity contribution in [2.45, 2.75) is 62.2 Å². The number of carbonyl (C=O) groups excluding carboxylic acids is 2. The minimum Gasteiger partial charge on any atom is -0.480 e. The lowest BCUT2D eigenvalue weighted by Gasteiger charge is -2.36. The third-order valence-corrected chi connectivity index (χ3v) is 10.2. The summed E-state index contributed by atoms with van der Waals surface area (Å²) in [4.78, 5) is 43.6. The predicted octanol–water partition coefficient (Wildman–Crippen LogP) is 4.89. The number of piperazine rings is 1. The van der Waals surface area contributed by atoms with Crippen molar-refractivity contribution >= 4 is 17.8 Å². The lowest BCUT2D eigenvalue weighted by Crippen LogP contribution is -2.49. The number of carboxylic acid groups (broad SMARTS) is 1. The fraction of sp³-hybridized carbons (Fsp3) is 0.417. The Morgan fingerprint density at radius 2 is 1.42 bits per heavy atom. The van der Waals surface area contributed by atoms with Crippen molar-refractivity contribution in [3.8, 4) is 11.1 Å². The van der Waals surface area contributed by atoms with E-state index in [2.05, 4.69) is 4.90 Å². The Labute approximate surface area is 253 Å². The first-order chi connectivity index (χ1) is 20.9. The summed E-state index contributed by atoms with van der Waals surface area (Å²) in [5, 5.41) is 11.0. The van der Waals surface area contributed by atoms with Crippen LogP contribution in [-0.4, -0.2) is 65.4 Å². The lowest BCUT2D eigenvalue weighted by atomic mass is 9.67. The summed E-state index contributed by atoms with van der Waals surface area (Å²) in [6.07, 6.45) is 5.59. The van der Waals surface area contributed by atoms with Gasteiger partial charge in [0.1, 0.15) is 5.41 Å². The molecule has 1 heterocycles. The van der Waals surface area contributed by atoms with E-state index in [1.165, 1.54) is 0 Å². The third kappa shape index (κ3) is 5.14. The van der Waals surface area contributed by atoms with Crippen LogP contribution in [-0.2, 0) is 31.6 Å². The number of primary amides is 1. The zero-order valence-electron chi connectivity index (χ0n) is 24.8. The summed E-state index contributed by atoms with van der Waals surface area (Å²) < 4.78 is 0. The van der Waals surface area contributed by atoms with E-state index in [0.717, 1.165) is 78.7 Å². The van der Waals surface area contributed by atoms with Gasteiger partial charge in [0, 0.05) is 26.2 Å². The minimum atomic E-state index is -1.23. The van der Waals surface area contributed by atoms with E-state index in [9.17, 15) is 19.5 Å². The number of nitrogens with two attached hydrogens (primary N) is 1. The van der Waals surface area contributed by atoms with E-state index in [1.807, 2.05) is 77.7 Å². The zero-order chi connectivity index (χ0) is 30.0. The maximum atomic E-state index is 13.5. The fourth-order valence-corrected chi connectivity index (χ4v) is 7.90. The first kappa shape index (κ1) is 29.1. The van der Waals surface area contributed by atoms with Gasteiger partial charge in [0.25, 0.3) is 0 Å². The molecule has 7 nitrogen and oxygen atoms in total. The Morgan fingerprint density at radius 1 is 0.767 bits per heavy atom. The van der Waals surface area contributed by atoms with E-state index in [0.29, 0.717) is 38.8 Å². The minimum absolute atomic E-state index is 0.166. The van der Waals surface area contributed by atoms with Gasteiger partial charge in [-0.1, -0.05) is 92.1 Å². The lowest BCUT2D eigenvalue weighted by molar-refractivity contribution is -0.142. The zero-order valence-corrected chi connectivity index (χ0v) is 24.8. The summed E-state index contributed by atoms with van der Waals surface area (Å²) in [6, 6.07) is 23.6. The van der Waals surface area contributed by atoms with Gasteiger partial charge in [0.2, 0.25) is 11.8 Å². The van der Waals surface area contributed by atoms with Crippen LogP contribution in [0.1, 0.15) is 67.2 Å². The van der Waals surface area contributed by atoms with Crippen LogP contribution in [0.2, 0.25) is 0 Å². The highest BCUT2D eigenvalue weighted by atomic mass is 16.4. The number of nitrogens with zero attached hydrogens (tertiary/aromatic N) is 2. The van der Waals surface area contributed by atoms with Gasteiger partial charge in [-0.15, -0.1) is 0 Å². The number of carboxylic acids is 1. The van der Waals surface area contributed by atoms with Gasteiger partial charge in [0.05, 0.1) is 11.8 Å². The Bertz CT molecular complexity index is 1510. The van der Waals surface area contributed by atoms with E-state index < -0.39 is 16.8 Å². The molecular formula is C36H41N3O4. The molecule has 1 saturated heterocycles. The van der Waals surface area contributed by atoms with Gasteiger partial charge in [0.15, 0.2) is 0 Å². The molecule has 1 atom stereocenters. The maximum absolute atomic E-state index is 13.5. The van der Waals surface area contributed by atoms with Crippen LogP contribution in [0.15, 0.2) is 72.8 Å². The maximum Gasteiger partial charge on any atom is 0.318 e. The summed E-state index contributed by atoms with van der Waals surface area (Å²) in [6.45, 7) is 3.93. The molecule has 224 valence electrons. The molecule has 1 aliphatic heterocycles. The van der Waals surface area contributed by atoms with Crippen LogP contribution in [0.25, 0.3) is 11.1 Å². The molecule has 2 aliphatic carbocycles. The number of fused-ring (bicyclic) bond motifs is 3. The average molecular weight is 580 g/mol. The summed E-state index contributed by atoms with van der Waals surface area (Å²) in [7, 11) is 0. The van der Waals surface area contributed by atoms with Crippen molar-refractivity contribution in [1.82, 2.24) is 9.80 Å². The number of hydrogen-bond donors (Lipinski definition) is 2. The Balaban J connectivity index is 1.17. The molecule has 6 rings (SSSR count). The van der Waals surface area contributed by atoms with Crippen LogP contribution in [0.3, 0.4) is 0 Å². The smallest absolute Gasteiger partial charge is 0.318 e. The van der Waals surface area contributed by atoms with E-state index in [-0.39, 0.29) is 11.8 Å². The number of hydrogen-bond acceptors (Lipinski definition) is 4. The van der Waals surface area contributed by atoms with E-state index >= 15 is 0 Å². The summed E-state index contributed by atoms with van der Waals surface area (Å²) in [5.74, 6) is -1.05.